The second-order valence-electron chi connectivity index (χ2n) is 4.14. The molecule has 1 aromatic rings. The van der Waals surface area contributed by atoms with Crippen molar-refractivity contribution < 1.29 is 24.9 Å². The van der Waals surface area contributed by atoms with Crippen molar-refractivity contribution in [3.63, 3.8) is 0 Å². The summed E-state index contributed by atoms with van der Waals surface area (Å²) in [5.74, 6) is -1.36. The molecule has 4 N–H and O–H groups in total. The average Bonchev–Trinajstić information content (AvgIpc) is 2.50. The maximum atomic E-state index is 12.0. The van der Waals surface area contributed by atoms with Crippen LogP contribution in [-0.4, -0.2) is 47.9 Å². The number of amides is 2. The molecule has 0 bridgehead atoms. The van der Waals surface area contributed by atoms with E-state index >= 15 is 0 Å². The lowest BCUT2D eigenvalue weighted by Crippen LogP contribution is -2.43. The van der Waals surface area contributed by atoms with E-state index in [2.05, 4.69) is 10.6 Å². The number of hydrogen-bond donors (Lipinski definition) is 4. The van der Waals surface area contributed by atoms with Gasteiger partial charge in [-0.3, -0.25) is 9.59 Å². The van der Waals surface area contributed by atoms with Crippen LogP contribution in [0.2, 0.25) is 0 Å². The molecule has 0 spiro atoms. The van der Waals surface area contributed by atoms with E-state index in [1.165, 1.54) is 0 Å². The van der Waals surface area contributed by atoms with Gasteiger partial charge in [-0.2, -0.15) is 0 Å². The number of aliphatic hydroxyl groups is 2. The standard InChI is InChI=1S/C13H17N2O5/c16-7-10(18)6-14-13(20)12(15-11(19)8-17)9-4-2-1-3-5-9/h1-5,10,12,16,18H,6-8H2,(H,14,20)(H,15,19)/t10-,12?/m1/s1. The second-order valence-corrected chi connectivity index (χ2v) is 4.14. The van der Waals surface area contributed by atoms with Crippen molar-refractivity contribution in [2.45, 2.75) is 12.1 Å². The summed E-state index contributed by atoms with van der Waals surface area (Å²) in [5, 5.41) is 33.1. The zero-order valence-corrected chi connectivity index (χ0v) is 10.8. The van der Waals surface area contributed by atoms with Crippen molar-refractivity contribution in [2.24, 2.45) is 0 Å². The average molecular weight is 281 g/mol. The Morgan fingerprint density at radius 3 is 2.40 bits per heavy atom. The number of carbonyl (C=O) groups excluding carboxylic acids is 2. The van der Waals surface area contributed by atoms with E-state index in [1.807, 2.05) is 0 Å². The predicted octanol–water partition coefficient (Wildman–Crippen LogP) is -1.26. The van der Waals surface area contributed by atoms with Gasteiger partial charge in [0.1, 0.15) is 6.04 Å². The number of nitrogens with one attached hydrogen (secondary N) is 2. The van der Waals surface area contributed by atoms with Crippen LogP contribution < -0.4 is 10.6 Å². The first-order valence-electron chi connectivity index (χ1n) is 6.07. The Hall–Kier alpha value is -1.96. The highest BCUT2D eigenvalue weighted by Gasteiger charge is 2.22. The van der Waals surface area contributed by atoms with Gasteiger partial charge in [-0.05, 0) is 5.56 Å². The van der Waals surface area contributed by atoms with Crippen LogP contribution in [0.4, 0.5) is 0 Å². The highest BCUT2D eigenvalue weighted by Crippen LogP contribution is 2.12. The lowest BCUT2D eigenvalue weighted by molar-refractivity contribution is -0.131. The Bertz CT molecular complexity index is 438. The van der Waals surface area contributed by atoms with Crippen molar-refractivity contribution in [2.75, 3.05) is 19.8 Å². The van der Waals surface area contributed by atoms with E-state index in [0.29, 0.717) is 5.56 Å². The first kappa shape index (κ1) is 16.1. The predicted molar refractivity (Wildman–Crippen MR) is 69.0 cm³/mol. The Morgan fingerprint density at radius 1 is 1.20 bits per heavy atom. The minimum absolute atomic E-state index is 0.147. The third-order valence-corrected chi connectivity index (χ3v) is 2.55. The Morgan fingerprint density at radius 2 is 1.85 bits per heavy atom. The maximum absolute atomic E-state index is 12.0. The largest absolute Gasteiger partial charge is 0.394 e. The molecule has 0 aliphatic carbocycles. The molecule has 1 radical (unpaired) electrons. The molecule has 7 heteroatoms. The molecule has 0 aliphatic heterocycles. The highest BCUT2D eigenvalue weighted by atomic mass is 16.3. The fourth-order valence-electron chi connectivity index (χ4n) is 1.53. The zero-order valence-electron chi connectivity index (χ0n) is 10.8. The van der Waals surface area contributed by atoms with E-state index in [9.17, 15) is 19.8 Å². The molecule has 0 saturated heterocycles. The van der Waals surface area contributed by atoms with Gasteiger partial charge in [0.05, 0.1) is 12.7 Å². The zero-order chi connectivity index (χ0) is 15.0. The number of hydrogen-bond acceptors (Lipinski definition) is 4. The van der Waals surface area contributed by atoms with Gasteiger partial charge in [0.15, 0.2) is 6.61 Å². The van der Waals surface area contributed by atoms with Crippen LogP contribution >= 0.6 is 0 Å². The maximum Gasteiger partial charge on any atom is 0.250 e. The molecule has 20 heavy (non-hydrogen) atoms. The molecule has 1 aromatic carbocycles. The van der Waals surface area contributed by atoms with Crippen molar-refractivity contribution in [1.82, 2.24) is 10.6 Å². The molecule has 0 aromatic heterocycles. The third kappa shape index (κ3) is 4.96. The van der Waals surface area contributed by atoms with Crippen molar-refractivity contribution in [1.29, 1.82) is 0 Å². The van der Waals surface area contributed by atoms with E-state index in [4.69, 9.17) is 5.11 Å². The smallest absolute Gasteiger partial charge is 0.250 e. The van der Waals surface area contributed by atoms with E-state index in [1.54, 1.807) is 30.3 Å². The van der Waals surface area contributed by atoms with Crippen molar-refractivity contribution in [3.05, 3.63) is 35.9 Å². The third-order valence-electron chi connectivity index (χ3n) is 2.55. The summed E-state index contributed by atoms with van der Waals surface area (Å²) in [5.41, 5.74) is 0.519. The minimum Gasteiger partial charge on any atom is -0.394 e. The highest BCUT2D eigenvalue weighted by molar-refractivity contribution is 5.88. The van der Waals surface area contributed by atoms with Gasteiger partial charge in [-0.15, -0.1) is 0 Å². The summed E-state index contributed by atoms with van der Waals surface area (Å²) in [6.07, 6.45) is -1.08. The molecule has 109 valence electrons. The SMILES string of the molecule is [O]CC(=O)NC(C(=O)NC[C@@H](O)CO)c1ccccc1. The van der Waals surface area contributed by atoms with Crippen molar-refractivity contribution >= 4 is 11.8 Å². The quantitative estimate of drug-likeness (QED) is 0.499. The van der Waals surface area contributed by atoms with Crippen LogP contribution in [0, 0.1) is 0 Å². The van der Waals surface area contributed by atoms with Gasteiger partial charge in [0.25, 0.3) is 0 Å². The van der Waals surface area contributed by atoms with Crippen LogP contribution in [-0.2, 0) is 14.7 Å². The summed E-state index contributed by atoms with van der Waals surface area (Å²) < 4.78 is 0. The topological polar surface area (TPSA) is 119 Å². The Kier molecular flexibility index (Phi) is 6.65. The molecule has 2 atom stereocenters. The monoisotopic (exact) mass is 281 g/mol. The summed E-state index contributed by atoms with van der Waals surface area (Å²) in [7, 11) is 0. The van der Waals surface area contributed by atoms with Crippen LogP contribution in [0.3, 0.4) is 0 Å². The van der Waals surface area contributed by atoms with Gasteiger partial charge in [0, 0.05) is 6.54 Å². The van der Waals surface area contributed by atoms with Crippen LogP contribution in [0.1, 0.15) is 11.6 Å². The molecule has 0 saturated carbocycles. The molecule has 1 unspecified atom stereocenters. The summed E-state index contributed by atoms with van der Waals surface area (Å²) >= 11 is 0. The lowest BCUT2D eigenvalue weighted by atomic mass is 10.1. The van der Waals surface area contributed by atoms with Gasteiger partial charge in [-0.1, -0.05) is 30.3 Å². The van der Waals surface area contributed by atoms with Crippen LogP contribution in [0.5, 0.6) is 0 Å². The fraction of sp³-hybridized carbons (Fsp3) is 0.385. The molecule has 0 fully saturated rings. The molecule has 7 nitrogen and oxygen atoms in total. The van der Waals surface area contributed by atoms with Gasteiger partial charge in [-0.25, -0.2) is 5.11 Å². The lowest BCUT2D eigenvalue weighted by Gasteiger charge is -2.19. The summed E-state index contributed by atoms with van der Waals surface area (Å²) in [6, 6.07) is 7.41. The van der Waals surface area contributed by atoms with E-state index in [-0.39, 0.29) is 6.54 Å². The molecule has 2 amide bonds. The first-order valence-corrected chi connectivity index (χ1v) is 6.07. The number of benzene rings is 1. The minimum atomic E-state index is -1.08. The molecule has 1 rings (SSSR count). The Balaban J connectivity index is 2.77. The molecular weight excluding hydrogens is 264 g/mol. The van der Waals surface area contributed by atoms with Gasteiger partial charge >= 0.3 is 0 Å². The van der Waals surface area contributed by atoms with E-state index < -0.39 is 37.2 Å². The number of rotatable bonds is 7. The van der Waals surface area contributed by atoms with Gasteiger partial charge < -0.3 is 20.8 Å². The molecule has 0 heterocycles. The van der Waals surface area contributed by atoms with Crippen LogP contribution in [0.15, 0.2) is 30.3 Å². The van der Waals surface area contributed by atoms with Gasteiger partial charge in [0.2, 0.25) is 11.8 Å². The number of aliphatic hydroxyl groups excluding tert-OH is 2. The van der Waals surface area contributed by atoms with Crippen LogP contribution in [0.25, 0.3) is 0 Å². The number of carbonyl (C=O) groups is 2. The molecule has 0 aliphatic rings. The molecular formula is C13H17N2O5. The summed E-state index contributed by atoms with van der Waals surface area (Å²) in [4.78, 5) is 23.2. The van der Waals surface area contributed by atoms with E-state index in [0.717, 1.165) is 0 Å². The summed E-state index contributed by atoms with van der Waals surface area (Å²) in [6.45, 7) is -1.61. The Labute approximate surface area is 116 Å². The normalized spacial score (nSPS) is 13.3. The second kappa shape index (κ2) is 8.26. The van der Waals surface area contributed by atoms with Crippen molar-refractivity contribution in [3.8, 4) is 0 Å². The first-order chi connectivity index (χ1) is 9.58. The fourth-order valence-corrected chi connectivity index (χ4v) is 1.53.